The molecule has 1 aromatic rings. The summed E-state index contributed by atoms with van der Waals surface area (Å²) < 4.78 is 0. The van der Waals surface area contributed by atoms with Gasteiger partial charge in [0.05, 0.1) is 12.4 Å². The second-order valence-electron chi connectivity index (χ2n) is 10.3. The van der Waals surface area contributed by atoms with Crippen LogP contribution in [0.4, 0.5) is 0 Å². The van der Waals surface area contributed by atoms with Crippen molar-refractivity contribution in [3.63, 3.8) is 0 Å². The summed E-state index contributed by atoms with van der Waals surface area (Å²) in [5.74, 6) is 1.93. The monoisotopic (exact) mass is 352 g/mol. The van der Waals surface area contributed by atoms with Crippen LogP contribution in [0.1, 0.15) is 84.3 Å². The Kier molecular flexibility index (Phi) is 5.07. The van der Waals surface area contributed by atoms with Crippen LogP contribution in [0, 0.1) is 16.7 Å². The molecule has 1 aromatic carbocycles. The lowest BCUT2D eigenvalue weighted by Crippen LogP contribution is -2.40. The fourth-order valence-electron chi connectivity index (χ4n) is 4.30. The van der Waals surface area contributed by atoms with E-state index in [2.05, 4.69) is 84.1 Å². The van der Waals surface area contributed by atoms with Crippen LogP contribution in [0.15, 0.2) is 41.0 Å². The van der Waals surface area contributed by atoms with Gasteiger partial charge in [-0.1, -0.05) is 72.7 Å². The topological polar surface area (TPSA) is 24.4 Å². The summed E-state index contributed by atoms with van der Waals surface area (Å²) in [5.41, 5.74) is 4.75. The Morgan fingerprint density at radius 2 is 1.85 bits per heavy atom. The molecule has 0 bridgehead atoms. The van der Waals surface area contributed by atoms with E-state index in [-0.39, 0.29) is 5.41 Å². The lowest BCUT2D eigenvalue weighted by atomic mass is 9.83. The molecule has 1 heterocycles. The highest BCUT2D eigenvalue weighted by Crippen LogP contribution is 2.56. The van der Waals surface area contributed by atoms with Gasteiger partial charge in [0, 0.05) is 11.6 Å². The van der Waals surface area contributed by atoms with E-state index in [4.69, 9.17) is 4.99 Å². The number of nitrogens with zero attached hydrogens (tertiary/aromatic N) is 1. The quantitative estimate of drug-likeness (QED) is 0.679. The van der Waals surface area contributed by atoms with Crippen LogP contribution in [0.3, 0.4) is 0 Å². The number of rotatable bonds is 4. The summed E-state index contributed by atoms with van der Waals surface area (Å²) in [7, 11) is 0. The largest absolute Gasteiger partial charge is 0.369 e. The summed E-state index contributed by atoms with van der Waals surface area (Å²) in [5, 5.41) is 3.41. The van der Waals surface area contributed by atoms with Crippen molar-refractivity contribution in [2.75, 3.05) is 0 Å². The molecule has 26 heavy (non-hydrogen) atoms. The average Bonchev–Trinajstić information content (AvgIpc) is 3.36. The summed E-state index contributed by atoms with van der Waals surface area (Å²) >= 11 is 0. The van der Waals surface area contributed by atoms with E-state index >= 15 is 0 Å². The van der Waals surface area contributed by atoms with E-state index in [1.165, 1.54) is 23.2 Å². The number of nitrogens with one attached hydrogen (secondary N) is 1. The van der Waals surface area contributed by atoms with E-state index < -0.39 is 0 Å². The Labute approximate surface area is 160 Å². The molecule has 142 valence electrons. The normalized spacial score (nSPS) is 26.9. The molecule has 2 nitrogen and oxygen atoms in total. The van der Waals surface area contributed by atoms with E-state index in [9.17, 15) is 0 Å². The molecule has 0 spiro atoms. The zero-order valence-electron chi connectivity index (χ0n) is 17.6. The zero-order valence-corrected chi connectivity index (χ0v) is 17.6. The van der Waals surface area contributed by atoms with Crippen molar-refractivity contribution < 1.29 is 0 Å². The third kappa shape index (κ3) is 4.05. The van der Waals surface area contributed by atoms with Gasteiger partial charge in [0.2, 0.25) is 0 Å². The summed E-state index contributed by atoms with van der Waals surface area (Å²) in [6.07, 6.45) is 6.65. The maximum atomic E-state index is 4.71. The van der Waals surface area contributed by atoms with Gasteiger partial charge in [0.15, 0.2) is 0 Å². The Morgan fingerprint density at radius 3 is 2.42 bits per heavy atom. The minimum Gasteiger partial charge on any atom is -0.369 e. The molecule has 1 aliphatic carbocycles. The molecular weight excluding hydrogens is 316 g/mol. The first kappa shape index (κ1) is 19.2. The van der Waals surface area contributed by atoms with Gasteiger partial charge in [-0.25, -0.2) is 4.99 Å². The van der Waals surface area contributed by atoms with Crippen molar-refractivity contribution in [1.82, 2.24) is 5.32 Å². The van der Waals surface area contributed by atoms with E-state index in [1.54, 1.807) is 0 Å². The van der Waals surface area contributed by atoms with Gasteiger partial charge < -0.3 is 5.32 Å². The van der Waals surface area contributed by atoms with Crippen LogP contribution in [0.5, 0.6) is 0 Å². The van der Waals surface area contributed by atoms with Gasteiger partial charge in [-0.2, -0.15) is 0 Å². The predicted octanol–water partition coefficient (Wildman–Crippen LogP) is 6.26. The zero-order chi connectivity index (χ0) is 19.1. The summed E-state index contributed by atoms with van der Waals surface area (Å²) in [6, 6.07) is 9.65. The second kappa shape index (κ2) is 6.87. The van der Waals surface area contributed by atoms with Gasteiger partial charge in [0.25, 0.3) is 0 Å². The van der Waals surface area contributed by atoms with Crippen LogP contribution < -0.4 is 5.32 Å². The third-order valence-corrected chi connectivity index (χ3v) is 6.15. The van der Waals surface area contributed by atoms with Crippen LogP contribution >= 0.6 is 0 Å². The van der Waals surface area contributed by atoms with E-state index in [1.807, 2.05) is 6.34 Å². The fourth-order valence-corrected chi connectivity index (χ4v) is 4.30. The molecule has 1 N–H and O–H groups in total. The SMILES string of the molecule is CCC(C1=CC(C(C)(C)C)NC=N1)c1cccc(C2CC2C(C)(C)C)c1. The van der Waals surface area contributed by atoms with Crippen molar-refractivity contribution in [3.05, 3.63) is 47.2 Å². The molecule has 0 radical (unpaired) electrons. The van der Waals surface area contributed by atoms with Crippen LogP contribution in [0.25, 0.3) is 0 Å². The Hall–Kier alpha value is -1.57. The number of hydrogen-bond acceptors (Lipinski definition) is 2. The first-order valence-electron chi connectivity index (χ1n) is 10.2. The smallest absolute Gasteiger partial charge is 0.0887 e. The number of allylic oxidation sites excluding steroid dienone is 1. The lowest BCUT2D eigenvalue weighted by molar-refractivity contribution is 0.340. The summed E-state index contributed by atoms with van der Waals surface area (Å²) in [4.78, 5) is 4.71. The number of aliphatic imine (C=N–C) groups is 1. The van der Waals surface area contributed by atoms with Crippen molar-refractivity contribution in [3.8, 4) is 0 Å². The molecule has 4 atom stereocenters. The van der Waals surface area contributed by atoms with Crippen molar-refractivity contribution >= 4 is 6.34 Å². The minimum atomic E-state index is 0.186. The minimum absolute atomic E-state index is 0.186. The molecule has 2 aliphatic rings. The van der Waals surface area contributed by atoms with Gasteiger partial charge in [-0.3, -0.25) is 0 Å². The van der Waals surface area contributed by atoms with Crippen LogP contribution in [-0.2, 0) is 0 Å². The molecule has 4 unspecified atom stereocenters. The molecule has 0 amide bonds. The Morgan fingerprint density at radius 1 is 1.12 bits per heavy atom. The third-order valence-electron chi connectivity index (χ3n) is 6.15. The van der Waals surface area contributed by atoms with Gasteiger partial charge in [-0.05, 0) is 52.7 Å². The Balaban J connectivity index is 1.84. The molecule has 0 saturated heterocycles. The highest BCUT2D eigenvalue weighted by Gasteiger charge is 2.45. The van der Waals surface area contributed by atoms with Crippen molar-refractivity contribution in [2.24, 2.45) is 21.7 Å². The molecular formula is C24H36N2. The van der Waals surface area contributed by atoms with Crippen LogP contribution in [0.2, 0.25) is 0 Å². The number of benzene rings is 1. The molecule has 1 saturated carbocycles. The van der Waals surface area contributed by atoms with Gasteiger partial charge >= 0.3 is 0 Å². The first-order chi connectivity index (χ1) is 12.1. The van der Waals surface area contributed by atoms with Crippen molar-refractivity contribution in [1.29, 1.82) is 0 Å². The molecule has 3 rings (SSSR count). The maximum Gasteiger partial charge on any atom is 0.0887 e. The molecule has 1 aliphatic heterocycles. The highest BCUT2D eigenvalue weighted by atomic mass is 15.0. The van der Waals surface area contributed by atoms with Crippen LogP contribution in [-0.4, -0.2) is 12.4 Å². The first-order valence-corrected chi connectivity index (χ1v) is 10.2. The van der Waals surface area contributed by atoms with E-state index in [0.717, 1.165) is 18.3 Å². The van der Waals surface area contributed by atoms with Crippen molar-refractivity contribution in [2.45, 2.75) is 79.2 Å². The highest BCUT2D eigenvalue weighted by molar-refractivity contribution is 5.60. The molecule has 1 fully saturated rings. The van der Waals surface area contributed by atoms with Gasteiger partial charge in [0.1, 0.15) is 0 Å². The number of hydrogen-bond donors (Lipinski definition) is 1. The predicted molar refractivity (Wildman–Crippen MR) is 113 cm³/mol. The Bertz CT molecular complexity index is 700. The van der Waals surface area contributed by atoms with E-state index in [0.29, 0.717) is 17.4 Å². The maximum absolute atomic E-state index is 4.71. The average molecular weight is 353 g/mol. The summed E-state index contributed by atoms with van der Waals surface area (Å²) in [6.45, 7) is 16.2. The standard InChI is InChI=1S/C24H36N2/c1-8-18(21-14-22(24(5,6)7)26-15-25-21)16-10-9-11-17(12-16)19-13-20(19)23(2,3)4/h9-12,14-15,18-20,22H,8,13H2,1-7H3,(H,25,26). The fraction of sp³-hybridized carbons (Fsp3) is 0.625. The molecule has 0 aromatic heterocycles. The van der Waals surface area contributed by atoms with Gasteiger partial charge in [-0.15, -0.1) is 0 Å². The molecule has 2 heteroatoms. The second-order valence-corrected chi connectivity index (χ2v) is 10.3. The lowest BCUT2D eigenvalue weighted by Gasteiger charge is -2.32.